The highest BCUT2D eigenvalue weighted by atomic mass is 32.1. The minimum Gasteiger partial charge on any atom is -0.506 e. The summed E-state index contributed by atoms with van der Waals surface area (Å²) < 4.78 is 22.4. The Morgan fingerprint density at radius 3 is 2.01 bits per heavy atom. The molecule has 0 fully saturated rings. The molecule has 5 amide bonds. The number of ketones is 4. The van der Waals surface area contributed by atoms with Crippen molar-refractivity contribution in [2.24, 2.45) is 29.6 Å². The van der Waals surface area contributed by atoms with Crippen LogP contribution in [0.5, 0.6) is 5.75 Å². The summed E-state index contributed by atoms with van der Waals surface area (Å²) >= 11 is 1.17. The molecule has 3 N–H and O–H groups in total. The molecule has 0 saturated heterocycles. The first-order chi connectivity index (χ1) is 40.1. The Hall–Kier alpha value is -6.07. The molecule has 0 unspecified atom stereocenters. The summed E-state index contributed by atoms with van der Waals surface area (Å²) in [6, 6.07) is 3.97. The SMILES string of the molecule is CCC[C@H](Cc1ccc(O)c(NC(=O)[C@H](C)CC(=O)[C@H](C)CC(=O)CCOCCOCCOCCCC(=O)CCCN2C(=O)C=CC2=O)c1)NC(=O)c1csc([C@@H](C[C@H](C(C)C)N(C)C(=O)[C@@H](CC(=O)C(C)(C)N(C)C)[C@@H](C)CC)OC(C)=O)n1. The Morgan fingerprint density at radius 2 is 1.41 bits per heavy atom. The number of thiazole rings is 1. The number of Topliss-reactive ketones (excluding diaryl/α,β-unsaturated/α-hetero) is 4. The second-order valence-electron chi connectivity index (χ2n) is 23.5. The lowest BCUT2D eigenvalue weighted by atomic mass is 9.81. The molecule has 2 heterocycles. The Kier molecular flexibility index (Phi) is 31.7. The number of aromatic hydroxyl groups is 1. The quantitative estimate of drug-likeness (QED) is 0.0245. The van der Waals surface area contributed by atoms with E-state index < -0.39 is 53.2 Å². The maximum absolute atomic E-state index is 14.4. The van der Waals surface area contributed by atoms with Crippen molar-refractivity contribution >= 4 is 75.7 Å². The number of nitrogens with one attached hydrogen (secondary N) is 2. The molecule has 21 nitrogen and oxygen atoms in total. The molecule has 0 aliphatic carbocycles. The van der Waals surface area contributed by atoms with Crippen molar-refractivity contribution in [2.45, 2.75) is 176 Å². The van der Waals surface area contributed by atoms with Gasteiger partial charge < -0.3 is 39.6 Å². The molecular weight excluding hydrogens is 1110 g/mol. The van der Waals surface area contributed by atoms with Crippen molar-refractivity contribution in [1.29, 1.82) is 0 Å². The van der Waals surface area contributed by atoms with Crippen LogP contribution in [-0.4, -0.2) is 168 Å². The van der Waals surface area contributed by atoms with Gasteiger partial charge in [-0.25, -0.2) is 4.98 Å². The van der Waals surface area contributed by atoms with E-state index in [0.29, 0.717) is 68.9 Å². The summed E-state index contributed by atoms with van der Waals surface area (Å²) in [6.45, 7) is 20.1. The Bertz CT molecular complexity index is 2580. The summed E-state index contributed by atoms with van der Waals surface area (Å²) in [5, 5.41) is 18.6. The van der Waals surface area contributed by atoms with E-state index >= 15 is 0 Å². The summed E-state index contributed by atoms with van der Waals surface area (Å²) in [6.07, 6.45) is 5.77. The van der Waals surface area contributed by atoms with E-state index in [1.165, 1.54) is 36.5 Å². The van der Waals surface area contributed by atoms with E-state index in [0.717, 1.165) is 11.3 Å². The van der Waals surface area contributed by atoms with Crippen LogP contribution < -0.4 is 10.6 Å². The van der Waals surface area contributed by atoms with Crippen molar-refractivity contribution in [3.8, 4) is 5.75 Å². The number of carbonyl (C=O) groups excluding carboxylic acids is 10. The van der Waals surface area contributed by atoms with Crippen LogP contribution in [-0.2, 0) is 68.5 Å². The lowest BCUT2D eigenvalue weighted by Crippen LogP contribution is -2.50. The molecule has 0 saturated carbocycles. The first-order valence-electron chi connectivity index (χ1n) is 30.0. The van der Waals surface area contributed by atoms with Gasteiger partial charge in [0.2, 0.25) is 11.8 Å². The second-order valence-corrected chi connectivity index (χ2v) is 24.3. The molecule has 0 bridgehead atoms. The van der Waals surface area contributed by atoms with E-state index in [4.69, 9.17) is 18.9 Å². The van der Waals surface area contributed by atoms with Gasteiger partial charge in [-0.15, -0.1) is 11.3 Å². The Labute approximate surface area is 507 Å². The van der Waals surface area contributed by atoms with Gasteiger partial charge in [-0.05, 0) is 83.2 Å². The molecule has 1 aliphatic heterocycles. The number of rotatable bonds is 43. The molecule has 2 aromatic rings. The highest BCUT2D eigenvalue weighted by Crippen LogP contribution is 2.34. The van der Waals surface area contributed by atoms with Crippen molar-refractivity contribution in [3.63, 3.8) is 0 Å². The van der Waals surface area contributed by atoms with Gasteiger partial charge >= 0.3 is 5.97 Å². The van der Waals surface area contributed by atoms with Crippen LogP contribution in [0, 0.1) is 29.6 Å². The maximum Gasteiger partial charge on any atom is 0.303 e. The third-order valence-corrected chi connectivity index (χ3v) is 16.8. The van der Waals surface area contributed by atoms with Crippen LogP contribution in [0.4, 0.5) is 5.69 Å². The number of aromatic nitrogens is 1. The van der Waals surface area contributed by atoms with Crippen molar-refractivity contribution in [1.82, 2.24) is 25.0 Å². The van der Waals surface area contributed by atoms with Crippen LogP contribution in [0.25, 0.3) is 0 Å². The molecule has 0 radical (unpaired) electrons. The van der Waals surface area contributed by atoms with E-state index in [-0.39, 0.29) is 141 Å². The molecule has 1 aromatic carbocycles. The van der Waals surface area contributed by atoms with Crippen LogP contribution >= 0.6 is 11.3 Å². The highest BCUT2D eigenvalue weighted by molar-refractivity contribution is 7.09. The maximum atomic E-state index is 14.4. The number of phenols is 1. The normalized spacial score (nSPS) is 15.1. The van der Waals surface area contributed by atoms with Gasteiger partial charge in [0.1, 0.15) is 33.8 Å². The van der Waals surface area contributed by atoms with E-state index in [2.05, 4.69) is 15.6 Å². The number of hydrogen-bond donors (Lipinski definition) is 3. The van der Waals surface area contributed by atoms with Crippen molar-refractivity contribution < 1.29 is 72.0 Å². The number of imide groups is 1. The molecule has 3 rings (SSSR count). The molecule has 85 heavy (non-hydrogen) atoms. The number of likely N-dealkylation sites (N-methyl/N-ethyl adjacent to an activating group) is 1. The number of nitrogens with zero attached hydrogens (tertiary/aromatic N) is 4. The molecule has 0 spiro atoms. The summed E-state index contributed by atoms with van der Waals surface area (Å²) in [5.74, 6) is -5.08. The van der Waals surface area contributed by atoms with Gasteiger partial charge in [0, 0.05) is 119 Å². The van der Waals surface area contributed by atoms with Gasteiger partial charge in [0.15, 0.2) is 11.9 Å². The van der Waals surface area contributed by atoms with Gasteiger partial charge in [-0.2, -0.15) is 0 Å². The number of benzene rings is 1. The third-order valence-electron chi connectivity index (χ3n) is 15.8. The first kappa shape index (κ1) is 73.2. The minimum atomic E-state index is -0.875. The number of phenolic OH excluding ortho intramolecular Hbond substituents is 1. The van der Waals surface area contributed by atoms with Crippen molar-refractivity contribution in [2.75, 3.05) is 72.6 Å². The summed E-state index contributed by atoms with van der Waals surface area (Å²) in [4.78, 5) is 138. The first-order valence-corrected chi connectivity index (χ1v) is 30.9. The third kappa shape index (κ3) is 24.7. The topological polar surface area (TPSA) is 275 Å². The average Bonchev–Trinajstić information content (AvgIpc) is 3.49. The fourth-order valence-corrected chi connectivity index (χ4v) is 10.5. The van der Waals surface area contributed by atoms with Crippen LogP contribution in [0.1, 0.15) is 173 Å². The number of anilines is 1. The van der Waals surface area contributed by atoms with Crippen LogP contribution in [0.3, 0.4) is 0 Å². The molecule has 1 aromatic heterocycles. The van der Waals surface area contributed by atoms with Gasteiger partial charge in [0.05, 0.1) is 44.3 Å². The highest BCUT2D eigenvalue weighted by Gasteiger charge is 2.39. The second kappa shape index (κ2) is 36.8. The largest absolute Gasteiger partial charge is 0.506 e. The van der Waals surface area contributed by atoms with E-state index in [1.54, 1.807) is 43.3 Å². The van der Waals surface area contributed by atoms with Gasteiger partial charge in [-0.3, -0.25) is 57.7 Å². The molecular formula is C63H96N6O15S. The molecule has 7 atom stereocenters. The zero-order valence-corrected chi connectivity index (χ0v) is 53.4. The van der Waals surface area contributed by atoms with Gasteiger partial charge in [-0.1, -0.05) is 67.4 Å². The van der Waals surface area contributed by atoms with Crippen molar-refractivity contribution in [3.05, 3.63) is 52.0 Å². The molecule has 474 valence electrons. The number of carbonyl (C=O) groups is 10. The monoisotopic (exact) mass is 1210 g/mol. The predicted octanol–water partition coefficient (Wildman–Crippen LogP) is 8.05. The fourth-order valence-electron chi connectivity index (χ4n) is 9.62. The minimum absolute atomic E-state index is 0.00760. The fraction of sp³-hybridized carbons (Fsp3) is 0.667. The van der Waals surface area contributed by atoms with Crippen LogP contribution in [0.2, 0.25) is 0 Å². The van der Waals surface area contributed by atoms with Gasteiger partial charge in [0.25, 0.3) is 17.7 Å². The van der Waals surface area contributed by atoms with Crippen LogP contribution in [0.15, 0.2) is 35.7 Å². The summed E-state index contributed by atoms with van der Waals surface area (Å²) in [7, 11) is 5.41. The predicted molar refractivity (Wildman–Crippen MR) is 324 cm³/mol. The molecule has 1 aliphatic rings. The summed E-state index contributed by atoms with van der Waals surface area (Å²) in [5.41, 5.74) is 0.201. The zero-order chi connectivity index (χ0) is 63.6. The Balaban J connectivity index is 1.46. The Morgan fingerprint density at radius 1 is 0.788 bits per heavy atom. The zero-order valence-electron chi connectivity index (χ0n) is 52.6. The number of hydrogen-bond acceptors (Lipinski definition) is 18. The number of amides is 5. The smallest absolute Gasteiger partial charge is 0.303 e. The average molecular weight is 1210 g/mol. The standard InChI is InChI=1S/C63H96N6O15S/c1-14-18-46(64-60(79)51-39-85-61(66-51)55(84-44(8)70)38-52(40(3)4)68(13)62(80)49(41(5)15-2)37-56(75)63(9,10)67(11)12)35-45-21-22-53(73)50(36-45)65-59(78)43(7)34-54(74)42(6)33-48(72)25-28-82-30-32-83-31-29-81-27-17-20-47(71)19-16-26-69-57(76)23-24-58(69)77/h21-24,36,39-43,46,49,52,55,73H,14-20,25-35,37-38H2,1-13H3,(H,64,79)(H,65,78)/t41-,42+,43+,46+,49-,52+,55+/m0/s1. The van der Waals surface area contributed by atoms with E-state index in [1.807, 2.05) is 67.5 Å². The molecule has 22 heteroatoms. The van der Waals surface area contributed by atoms with E-state index in [9.17, 15) is 53.1 Å². The lowest BCUT2D eigenvalue weighted by Gasteiger charge is -2.38. The lowest BCUT2D eigenvalue weighted by molar-refractivity contribution is -0.150. The number of esters is 1. The number of ether oxygens (including phenoxy) is 4.